The van der Waals surface area contributed by atoms with E-state index < -0.39 is 0 Å². The minimum absolute atomic E-state index is 0.321. The van der Waals surface area contributed by atoms with E-state index in [2.05, 4.69) is 27.4 Å². The molecule has 0 N–H and O–H groups in total. The third-order valence-corrected chi connectivity index (χ3v) is 5.12. The number of aldehydes is 1. The van der Waals surface area contributed by atoms with Crippen LogP contribution in [0.15, 0.2) is 17.5 Å². The molecule has 0 radical (unpaired) electrons. The molecule has 0 atom stereocenters. The first-order valence-corrected chi connectivity index (χ1v) is 7.76. The van der Waals surface area contributed by atoms with Crippen molar-refractivity contribution in [3.8, 4) is 0 Å². The van der Waals surface area contributed by atoms with Crippen molar-refractivity contribution in [2.75, 3.05) is 4.90 Å². The largest absolute Gasteiger partial charge is 0.340 e. The van der Waals surface area contributed by atoms with Crippen LogP contribution in [0.5, 0.6) is 0 Å². The van der Waals surface area contributed by atoms with Gasteiger partial charge in [0.25, 0.3) is 0 Å². The molecule has 0 saturated heterocycles. The summed E-state index contributed by atoms with van der Waals surface area (Å²) < 4.78 is 0. The third kappa shape index (κ3) is 2.43. The van der Waals surface area contributed by atoms with Crippen molar-refractivity contribution in [1.29, 1.82) is 0 Å². The van der Waals surface area contributed by atoms with Gasteiger partial charge in [-0.25, -0.2) is 4.98 Å². The van der Waals surface area contributed by atoms with E-state index >= 15 is 0 Å². The minimum Gasteiger partial charge on any atom is -0.340 e. The molecule has 18 heavy (non-hydrogen) atoms. The van der Waals surface area contributed by atoms with Gasteiger partial charge in [-0.2, -0.15) is 0 Å². The zero-order valence-electron chi connectivity index (χ0n) is 9.51. The summed E-state index contributed by atoms with van der Waals surface area (Å²) in [6.07, 6.45) is 3.16. The fourth-order valence-electron chi connectivity index (χ4n) is 1.81. The number of thiophene rings is 1. The van der Waals surface area contributed by atoms with E-state index in [-0.39, 0.29) is 0 Å². The molecule has 0 bridgehead atoms. The number of rotatable bonds is 5. The first-order chi connectivity index (χ1) is 8.78. The van der Waals surface area contributed by atoms with Gasteiger partial charge in [-0.05, 0) is 24.3 Å². The number of carbonyl (C=O) groups is 1. The molecule has 3 nitrogen and oxygen atoms in total. The molecule has 1 aliphatic carbocycles. The fourth-order valence-corrected chi connectivity index (χ4v) is 3.64. The van der Waals surface area contributed by atoms with Crippen LogP contribution < -0.4 is 4.90 Å². The summed E-state index contributed by atoms with van der Waals surface area (Å²) in [6.45, 7) is 0.852. The fraction of sp³-hybridized carbons (Fsp3) is 0.333. The number of aromatic nitrogens is 1. The Balaban J connectivity index is 1.86. The summed E-state index contributed by atoms with van der Waals surface area (Å²) in [4.78, 5) is 19.2. The van der Waals surface area contributed by atoms with E-state index in [4.69, 9.17) is 11.6 Å². The van der Waals surface area contributed by atoms with Crippen molar-refractivity contribution < 1.29 is 4.79 Å². The number of halogens is 1. The quantitative estimate of drug-likeness (QED) is 0.786. The topological polar surface area (TPSA) is 33.2 Å². The first kappa shape index (κ1) is 12.1. The van der Waals surface area contributed by atoms with Crippen LogP contribution in [0.3, 0.4) is 0 Å². The lowest BCUT2D eigenvalue weighted by Gasteiger charge is -2.20. The molecule has 0 aliphatic heterocycles. The van der Waals surface area contributed by atoms with E-state index in [9.17, 15) is 4.79 Å². The third-order valence-electron chi connectivity index (χ3n) is 2.85. The molecular formula is C12H11ClN2OS2. The van der Waals surface area contributed by atoms with Gasteiger partial charge in [-0.15, -0.1) is 11.3 Å². The molecule has 0 unspecified atom stereocenters. The number of thiazole rings is 1. The lowest BCUT2D eigenvalue weighted by atomic mass is 10.4. The molecule has 3 rings (SSSR count). The van der Waals surface area contributed by atoms with E-state index in [0.717, 1.165) is 18.0 Å². The number of hydrogen-bond donors (Lipinski definition) is 0. The monoisotopic (exact) mass is 298 g/mol. The van der Waals surface area contributed by atoms with Crippen LogP contribution in [0, 0.1) is 0 Å². The highest BCUT2D eigenvalue weighted by atomic mass is 35.5. The van der Waals surface area contributed by atoms with Crippen LogP contribution in [0.4, 0.5) is 5.13 Å². The van der Waals surface area contributed by atoms with Gasteiger partial charge in [0.15, 0.2) is 16.6 Å². The Bertz CT molecular complexity index is 548. The predicted octanol–water partition coefficient (Wildman–Crippen LogP) is 3.84. The summed E-state index contributed by atoms with van der Waals surface area (Å²) in [5.41, 5.74) is 0. The van der Waals surface area contributed by atoms with Crippen LogP contribution >= 0.6 is 34.3 Å². The van der Waals surface area contributed by atoms with Gasteiger partial charge >= 0.3 is 0 Å². The lowest BCUT2D eigenvalue weighted by molar-refractivity contribution is 0.112. The Kier molecular flexibility index (Phi) is 3.37. The van der Waals surface area contributed by atoms with Gasteiger partial charge in [0, 0.05) is 10.9 Å². The van der Waals surface area contributed by atoms with Gasteiger partial charge in [-0.1, -0.05) is 29.0 Å². The molecule has 1 saturated carbocycles. The standard InChI is InChI=1S/C12H11ClN2OS2/c13-11-10(7-16)18-12(14-11)15(8-3-4-8)6-9-2-1-5-17-9/h1-2,5,7-8H,3-4,6H2. The summed E-state index contributed by atoms with van der Waals surface area (Å²) in [7, 11) is 0. The molecule has 2 heterocycles. The second kappa shape index (κ2) is 4.99. The molecule has 1 aliphatic rings. The van der Waals surface area contributed by atoms with Crippen molar-refractivity contribution in [2.45, 2.75) is 25.4 Å². The second-order valence-electron chi connectivity index (χ2n) is 4.21. The molecule has 1 fully saturated rings. The van der Waals surface area contributed by atoms with Crippen LogP contribution in [-0.4, -0.2) is 17.3 Å². The highest BCUT2D eigenvalue weighted by Crippen LogP contribution is 2.37. The van der Waals surface area contributed by atoms with E-state index in [0.29, 0.717) is 16.1 Å². The van der Waals surface area contributed by atoms with Gasteiger partial charge in [-0.3, -0.25) is 4.79 Å². The zero-order valence-corrected chi connectivity index (χ0v) is 11.9. The van der Waals surface area contributed by atoms with Crippen LogP contribution in [0.1, 0.15) is 27.4 Å². The Hall–Kier alpha value is -0.910. The smallest absolute Gasteiger partial charge is 0.188 e. The average molecular weight is 299 g/mol. The Labute approximate surface area is 118 Å². The second-order valence-corrected chi connectivity index (χ2v) is 6.61. The van der Waals surface area contributed by atoms with E-state index in [1.54, 1.807) is 11.3 Å². The summed E-state index contributed by atoms with van der Waals surface area (Å²) in [5, 5.41) is 3.26. The highest BCUT2D eigenvalue weighted by Gasteiger charge is 2.31. The Morgan fingerprint density at radius 2 is 2.39 bits per heavy atom. The van der Waals surface area contributed by atoms with Crippen molar-refractivity contribution in [2.24, 2.45) is 0 Å². The molecule has 2 aromatic heterocycles. The van der Waals surface area contributed by atoms with Crippen molar-refractivity contribution in [1.82, 2.24) is 4.98 Å². The summed E-state index contributed by atoms with van der Waals surface area (Å²) in [5.74, 6) is 0. The normalized spacial score (nSPS) is 14.7. The van der Waals surface area contributed by atoms with Crippen LogP contribution in [0.2, 0.25) is 5.15 Å². The van der Waals surface area contributed by atoms with Crippen LogP contribution in [0.25, 0.3) is 0 Å². The lowest BCUT2D eigenvalue weighted by Crippen LogP contribution is -2.24. The Morgan fingerprint density at radius 3 is 2.94 bits per heavy atom. The molecule has 2 aromatic rings. The molecule has 6 heteroatoms. The predicted molar refractivity (Wildman–Crippen MR) is 76.0 cm³/mol. The Morgan fingerprint density at radius 1 is 1.56 bits per heavy atom. The molecule has 94 valence electrons. The molecular weight excluding hydrogens is 288 g/mol. The SMILES string of the molecule is O=Cc1sc(N(Cc2cccs2)C2CC2)nc1Cl. The van der Waals surface area contributed by atoms with E-state index in [1.807, 2.05) is 0 Å². The molecule has 0 spiro atoms. The first-order valence-electron chi connectivity index (χ1n) is 5.68. The van der Waals surface area contributed by atoms with Crippen molar-refractivity contribution >= 4 is 45.7 Å². The van der Waals surface area contributed by atoms with Gasteiger partial charge in [0.2, 0.25) is 0 Å². The highest BCUT2D eigenvalue weighted by molar-refractivity contribution is 7.17. The number of hydrogen-bond acceptors (Lipinski definition) is 5. The van der Waals surface area contributed by atoms with Gasteiger partial charge in [0.1, 0.15) is 4.88 Å². The van der Waals surface area contributed by atoms with Crippen LogP contribution in [-0.2, 0) is 6.54 Å². The van der Waals surface area contributed by atoms with Crippen molar-refractivity contribution in [3.05, 3.63) is 32.4 Å². The maximum Gasteiger partial charge on any atom is 0.188 e. The van der Waals surface area contributed by atoms with Gasteiger partial charge < -0.3 is 4.90 Å². The van der Waals surface area contributed by atoms with E-state index in [1.165, 1.54) is 29.1 Å². The van der Waals surface area contributed by atoms with Crippen molar-refractivity contribution in [3.63, 3.8) is 0 Å². The maximum atomic E-state index is 10.8. The maximum absolute atomic E-state index is 10.8. The minimum atomic E-state index is 0.321. The molecule has 0 aromatic carbocycles. The summed E-state index contributed by atoms with van der Waals surface area (Å²) in [6, 6.07) is 4.72. The number of nitrogens with zero attached hydrogens (tertiary/aromatic N) is 2. The summed E-state index contributed by atoms with van der Waals surface area (Å²) >= 11 is 9.06. The number of anilines is 1. The molecule has 0 amide bonds. The van der Waals surface area contributed by atoms with Gasteiger partial charge in [0.05, 0.1) is 6.54 Å². The number of carbonyl (C=O) groups excluding carboxylic acids is 1. The average Bonchev–Trinajstić information content (AvgIpc) is 2.94. The zero-order chi connectivity index (χ0) is 12.5.